The number of hydrogen-bond donors (Lipinski definition) is 0. The summed E-state index contributed by atoms with van der Waals surface area (Å²) in [5.41, 5.74) is 0.258. The maximum atomic E-state index is 5.72. The lowest BCUT2D eigenvalue weighted by Crippen LogP contribution is -2.29. The van der Waals surface area contributed by atoms with E-state index in [2.05, 4.69) is 87.5 Å². The van der Waals surface area contributed by atoms with Gasteiger partial charge in [0.15, 0.2) is 0 Å². The Kier molecular flexibility index (Phi) is 6.59. The summed E-state index contributed by atoms with van der Waals surface area (Å²) in [4.78, 5) is 0. The average molecular weight is 375 g/mol. The smallest absolute Gasteiger partial charge is 0.0790 e. The van der Waals surface area contributed by atoms with E-state index >= 15 is 0 Å². The van der Waals surface area contributed by atoms with Crippen molar-refractivity contribution in [2.75, 3.05) is 0 Å². The monoisotopic (exact) mass is 374 g/mol. The van der Waals surface area contributed by atoms with Crippen LogP contribution in [0.3, 0.4) is 0 Å². The molecular weight excluding hydrogens is 330 g/mol. The van der Waals surface area contributed by atoms with Crippen LogP contribution in [0.25, 0.3) is 0 Å². The van der Waals surface area contributed by atoms with E-state index in [1.54, 1.807) is 0 Å². The molecule has 1 rings (SSSR count). The third kappa shape index (κ3) is 3.68. The van der Waals surface area contributed by atoms with Crippen molar-refractivity contribution in [2.24, 2.45) is 4.74 Å². The van der Waals surface area contributed by atoms with E-state index in [-0.39, 0.29) is 18.8 Å². The lowest BCUT2D eigenvalue weighted by atomic mass is 10.1. The van der Waals surface area contributed by atoms with E-state index in [1.165, 1.54) is 25.7 Å². The summed E-state index contributed by atoms with van der Waals surface area (Å²) in [5.74, 6) is 0. The van der Waals surface area contributed by atoms with Gasteiger partial charge >= 0.3 is 0 Å². The van der Waals surface area contributed by atoms with Crippen molar-refractivity contribution in [1.82, 2.24) is 4.44 Å². The topological polar surface area (TPSA) is 15.4 Å². The van der Waals surface area contributed by atoms with Crippen molar-refractivity contribution in [3.8, 4) is 0 Å². The molecule has 0 aromatic carbocycles. The Hall–Kier alpha value is 0.620. The van der Waals surface area contributed by atoms with E-state index in [0.717, 1.165) is 0 Å². The minimum atomic E-state index is -1.51. The predicted octanol–water partition coefficient (Wildman–Crippen LogP) is 8.48. The molecule has 144 valence electrons. The summed E-state index contributed by atoms with van der Waals surface area (Å²) in [6.45, 7) is 27.3. The molecule has 0 aliphatic carbocycles. The van der Waals surface area contributed by atoms with Crippen LogP contribution in [0.5, 0.6) is 0 Å². The van der Waals surface area contributed by atoms with Crippen molar-refractivity contribution in [3.05, 3.63) is 0 Å². The molecule has 0 bridgehead atoms. The van der Waals surface area contributed by atoms with Crippen molar-refractivity contribution >= 4 is 14.7 Å². The molecule has 0 radical (unpaired) electrons. The van der Waals surface area contributed by atoms with Crippen LogP contribution in [0.1, 0.15) is 109 Å². The van der Waals surface area contributed by atoms with Gasteiger partial charge < -0.3 is 0 Å². The molecule has 0 aromatic heterocycles. The molecule has 24 heavy (non-hydrogen) atoms. The molecule has 0 saturated carbocycles. The van der Waals surface area contributed by atoms with Crippen molar-refractivity contribution in [1.29, 1.82) is 0 Å². The highest BCUT2D eigenvalue weighted by Gasteiger charge is 2.72. The molecule has 1 aliphatic heterocycles. The fourth-order valence-corrected chi connectivity index (χ4v) is 21.5. The van der Waals surface area contributed by atoms with Gasteiger partial charge in [-0.25, -0.2) is 4.44 Å². The lowest BCUT2D eigenvalue weighted by molar-refractivity contribution is 0.395. The Labute approximate surface area is 154 Å². The molecule has 3 atom stereocenters. The Morgan fingerprint density at radius 3 is 1.42 bits per heavy atom. The molecule has 1 heterocycles. The lowest BCUT2D eigenvalue weighted by Gasteiger charge is -2.36. The van der Waals surface area contributed by atoms with Gasteiger partial charge in [-0.05, 0) is 67.2 Å². The zero-order valence-corrected chi connectivity index (χ0v) is 20.4. The summed E-state index contributed by atoms with van der Waals surface area (Å²) in [6, 6.07) is 0. The molecule has 4 heteroatoms. The SMILES string of the molecule is CCC(C)(CC)P1N(C(C)(C)C)P1(=NC(C)(C)C)C(C)(CC)CC. The standard InChI is InChI=1S/C20H44N2P2/c1-13-19(11,14-2)23-22(18(8,9)10)24(23,21-17(5,6)7)20(12,15-3)16-4/h13-16H2,1-12H3. The fourth-order valence-electron chi connectivity index (χ4n) is 3.74. The number of rotatable bonds is 6. The summed E-state index contributed by atoms with van der Waals surface area (Å²) < 4.78 is 8.67. The van der Waals surface area contributed by atoms with Crippen LogP contribution < -0.4 is 0 Å². The summed E-state index contributed by atoms with van der Waals surface area (Å²) in [6.07, 6.45) is 5.02. The van der Waals surface area contributed by atoms with Gasteiger partial charge in [-0.1, -0.05) is 41.5 Å². The molecule has 0 aromatic rings. The second-order valence-corrected chi connectivity index (χ2v) is 18.0. The van der Waals surface area contributed by atoms with E-state index in [0.29, 0.717) is 10.3 Å². The van der Waals surface area contributed by atoms with Crippen LogP contribution in [-0.4, -0.2) is 25.8 Å². The summed E-state index contributed by atoms with van der Waals surface area (Å²) in [7, 11) is -0.182. The molecule has 3 unspecified atom stereocenters. The molecule has 1 aliphatic rings. The van der Waals surface area contributed by atoms with Gasteiger partial charge in [0.2, 0.25) is 0 Å². The largest absolute Gasteiger partial charge is 0.276 e. The molecule has 0 amide bonds. The van der Waals surface area contributed by atoms with E-state index in [1.807, 2.05) is 0 Å². The Balaban J connectivity index is 3.77. The third-order valence-electron chi connectivity index (χ3n) is 5.97. The van der Waals surface area contributed by atoms with Crippen molar-refractivity contribution in [3.63, 3.8) is 0 Å². The summed E-state index contributed by atoms with van der Waals surface area (Å²) >= 11 is 0. The number of nitrogens with zero attached hydrogens (tertiary/aromatic N) is 2. The fraction of sp³-hybridized carbons (Fsp3) is 1.00. The average Bonchev–Trinajstić information content (AvgIpc) is 3.14. The van der Waals surface area contributed by atoms with Gasteiger partial charge in [0.1, 0.15) is 0 Å². The highest BCUT2D eigenvalue weighted by Crippen LogP contribution is 3.10. The van der Waals surface area contributed by atoms with Crippen molar-refractivity contribution < 1.29 is 0 Å². The second-order valence-electron chi connectivity index (χ2n) is 10.00. The Morgan fingerprint density at radius 2 is 1.17 bits per heavy atom. The van der Waals surface area contributed by atoms with Gasteiger partial charge in [-0.3, -0.25) is 4.74 Å². The first kappa shape index (κ1) is 22.7. The zero-order valence-electron chi connectivity index (χ0n) is 18.6. The first-order valence-electron chi connectivity index (χ1n) is 9.94. The van der Waals surface area contributed by atoms with E-state index in [9.17, 15) is 0 Å². The second kappa shape index (κ2) is 6.98. The van der Waals surface area contributed by atoms with Gasteiger partial charge in [0.05, 0.1) is 12.4 Å². The van der Waals surface area contributed by atoms with Crippen LogP contribution in [0.4, 0.5) is 0 Å². The Morgan fingerprint density at radius 1 is 0.750 bits per heavy atom. The summed E-state index contributed by atoms with van der Waals surface area (Å²) in [5, 5.41) is 0.779. The predicted molar refractivity (Wildman–Crippen MR) is 116 cm³/mol. The van der Waals surface area contributed by atoms with E-state index in [4.69, 9.17) is 4.74 Å². The van der Waals surface area contributed by atoms with Crippen LogP contribution in [0, 0.1) is 0 Å². The maximum Gasteiger partial charge on any atom is 0.0790 e. The van der Waals surface area contributed by atoms with Gasteiger partial charge in [0.25, 0.3) is 0 Å². The molecule has 0 N–H and O–H groups in total. The maximum absolute atomic E-state index is 5.72. The molecule has 2 nitrogen and oxygen atoms in total. The van der Waals surface area contributed by atoms with E-state index < -0.39 is 6.89 Å². The van der Waals surface area contributed by atoms with Crippen LogP contribution in [-0.2, 0) is 0 Å². The normalized spacial score (nSPS) is 28.8. The highest BCUT2D eigenvalue weighted by molar-refractivity contribution is 8.47. The van der Waals surface area contributed by atoms with Crippen LogP contribution >= 0.6 is 14.7 Å². The number of hydrogen-bond acceptors (Lipinski definition) is 1. The minimum absolute atomic E-state index is 0.0440. The van der Waals surface area contributed by atoms with Crippen LogP contribution in [0.2, 0.25) is 0 Å². The van der Waals surface area contributed by atoms with Gasteiger partial charge in [-0.15, -0.1) is 0 Å². The molecule has 1 saturated heterocycles. The highest BCUT2D eigenvalue weighted by atomic mass is 32.1. The van der Waals surface area contributed by atoms with Crippen molar-refractivity contribution in [2.45, 2.75) is 130 Å². The molecular formula is C20H44N2P2. The van der Waals surface area contributed by atoms with Gasteiger partial charge in [0, 0.05) is 23.6 Å². The van der Waals surface area contributed by atoms with Crippen LogP contribution in [0.15, 0.2) is 4.74 Å². The quantitative estimate of drug-likeness (QED) is 0.336. The van der Waals surface area contributed by atoms with Gasteiger partial charge in [-0.2, -0.15) is 0 Å². The first-order valence-corrected chi connectivity index (χ1v) is 13.6. The first-order chi connectivity index (χ1) is 10.7. The molecule has 1 fully saturated rings. The Bertz CT molecular complexity index is 489. The third-order valence-corrected chi connectivity index (χ3v) is 19.4. The minimum Gasteiger partial charge on any atom is -0.276 e. The zero-order chi connectivity index (χ0) is 19.2. The molecule has 0 spiro atoms.